The lowest BCUT2D eigenvalue weighted by molar-refractivity contribution is -0.121. The molecule has 0 unspecified atom stereocenters. The Kier molecular flexibility index (Phi) is 5.16. The van der Waals surface area contributed by atoms with E-state index in [1.165, 1.54) is 11.1 Å². The molecule has 0 aliphatic heterocycles. The highest BCUT2D eigenvalue weighted by Crippen LogP contribution is 2.19. The van der Waals surface area contributed by atoms with Gasteiger partial charge < -0.3 is 5.32 Å². The molecule has 4 heteroatoms. The minimum atomic E-state index is 0.102. The molecule has 0 saturated heterocycles. The fourth-order valence-electron chi connectivity index (χ4n) is 1.73. The average molecular weight is 338 g/mol. The molecule has 100 valence electrons. The second-order valence-electron chi connectivity index (χ2n) is 4.49. The van der Waals surface area contributed by atoms with Crippen LogP contribution >= 0.6 is 27.3 Å². The standard InChI is InChI=1S/C15H16BrNOS/c1-11-2-4-12(5-3-11)6-7-15(18)17-9-14-8-13(16)10-19-14/h2-5,8,10H,6-7,9H2,1H3,(H,17,18). The molecule has 0 aliphatic carbocycles. The van der Waals surface area contributed by atoms with Crippen LogP contribution in [-0.2, 0) is 17.8 Å². The summed E-state index contributed by atoms with van der Waals surface area (Å²) >= 11 is 5.05. The lowest BCUT2D eigenvalue weighted by Crippen LogP contribution is -2.22. The first-order valence-corrected chi connectivity index (χ1v) is 7.86. The lowest BCUT2D eigenvalue weighted by atomic mass is 10.1. The number of benzene rings is 1. The molecule has 2 aromatic rings. The molecule has 1 heterocycles. The van der Waals surface area contributed by atoms with Crippen LogP contribution in [0.25, 0.3) is 0 Å². The van der Waals surface area contributed by atoms with Gasteiger partial charge in [0, 0.05) is 21.2 Å². The van der Waals surface area contributed by atoms with Gasteiger partial charge in [-0.2, -0.15) is 0 Å². The Morgan fingerprint density at radius 3 is 2.68 bits per heavy atom. The van der Waals surface area contributed by atoms with E-state index in [4.69, 9.17) is 0 Å². The van der Waals surface area contributed by atoms with Crippen LogP contribution in [0.15, 0.2) is 40.2 Å². The quantitative estimate of drug-likeness (QED) is 0.875. The zero-order chi connectivity index (χ0) is 13.7. The van der Waals surface area contributed by atoms with Gasteiger partial charge in [-0.1, -0.05) is 29.8 Å². The number of hydrogen-bond donors (Lipinski definition) is 1. The summed E-state index contributed by atoms with van der Waals surface area (Å²) in [4.78, 5) is 12.9. The maximum atomic E-state index is 11.7. The van der Waals surface area contributed by atoms with E-state index in [0.29, 0.717) is 13.0 Å². The van der Waals surface area contributed by atoms with Crippen molar-refractivity contribution in [3.05, 3.63) is 56.2 Å². The summed E-state index contributed by atoms with van der Waals surface area (Å²) in [7, 11) is 0. The molecule has 0 saturated carbocycles. The first kappa shape index (κ1) is 14.3. The molecule has 1 aromatic heterocycles. The molecule has 1 aromatic carbocycles. The van der Waals surface area contributed by atoms with E-state index in [1.807, 2.05) is 11.4 Å². The Balaban J connectivity index is 1.74. The van der Waals surface area contributed by atoms with Crippen LogP contribution in [0.2, 0.25) is 0 Å². The van der Waals surface area contributed by atoms with E-state index in [1.54, 1.807) is 11.3 Å². The summed E-state index contributed by atoms with van der Waals surface area (Å²) < 4.78 is 1.07. The lowest BCUT2D eigenvalue weighted by Gasteiger charge is -2.04. The van der Waals surface area contributed by atoms with Gasteiger partial charge in [0.1, 0.15) is 0 Å². The molecule has 1 N–H and O–H groups in total. The monoisotopic (exact) mass is 337 g/mol. The highest BCUT2D eigenvalue weighted by molar-refractivity contribution is 9.10. The first-order valence-electron chi connectivity index (χ1n) is 6.18. The Morgan fingerprint density at radius 1 is 1.32 bits per heavy atom. The van der Waals surface area contributed by atoms with Crippen molar-refractivity contribution in [3.8, 4) is 0 Å². The van der Waals surface area contributed by atoms with E-state index in [-0.39, 0.29) is 5.91 Å². The van der Waals surface area contributed by atoms with Crippen molar-refractivity contribution in [2.24, 2.45) is 0 Å². The van der Waals surface area contributed by atoms with E-state index in [0.717, 1.165) is 15.8 Å². The van der Waals surface area contributed by atoms with Crippen LogP contribution in [0, 0.1) is 6.92 Å². The van der Waals surface area contributed by atoms with Crippen LogP contribution in [0.5, 0.6) is 0 Å². The summed E-state index contributed by atoms with van der Waals surface area (Å²) in [6, 6.07) is 10.4. The van der Waals surface area contributed by atoms with Gasteiger partial charge in [0.15, 0.2) is 0 Å². The van der Waals surface area contributed by atoms with Crippen molar-refractivity contribution in [3.63, 3.8) is 0 Å². The third-order valence-corrected chi connectivity index (χ3v) is 4.54. The fourth-order valence-corrected chi connectivity index (χ4v) is 3.12. The number of hydrogen-bond acceptors (Lipinski definition) is 2. The third kappa shape index (κ3) is 4.80. The smallest absolute Gasteiger partial charge is 0.220 e. The largest absolute Gasteiger partial charge is 0.351 e. The molecule has 2 nitrogen and oxygen atoms in total. The number of carbonyl (C=O) groups is 1. The molecule has 0 bridgehead atoms. The van der Waals surface area contributed by atoms with Gasteiger partial charge in [-0.05, 0) is 40.9 Å². The Labute approximate surface area is 126 Å². The molecular weight excluding hydrogens is 322 g/mol. The number of aryl methyl sites for hydroxylation is 2. The SMILES string of the molecule is Cc1ccc(CCC(=O)NCc2cc(Br)cs2)cc1. The van der Waals surface area contributed by atoms with Crippen molar-refractivity contribution in [1.29, 1.82) is 0 Å². The molecule has 1 amide bonds. The number of rotatable bonds is 5. The maximum absolute atomic E-state index is 11.7. The first-order chi connectivity index (χ1) is 9.13. The normalized spacial score (nSPS) is 10.4. The van der Waals surface area contributed by atoms with Crippen LogP contribution in [-0.4, -0.2) is 5.91 Å². The molecule has 0 fully saturated rings. The molecule has 0 spiro atoms. The number of nitrogens with one attached hydrogen (secondary N) is 1. The van der Waals surface area contributed by atoms with Gasteiger partial charge in [0.2, 0.25) is 5.91 Å². The maximum Gasteiger partial charge on any atom is 0.220 e. The van der Waals surface area contributed by atoms with Crippen molar-refractivity contribution < 1.29 is 4.79 Å². The van der Waals surface area contributed by atoms with Gasteiger partial charge in [0.05, 0.1) is 6.54 Å². The topological polar surface area (TPSA) is 29.1 Å². The summed E-state index contributed by atoms with van der Waals surface area (Å²) in [6.07, 6.45) is 1.33. The average Bonchev–Trinajstić information content (AvgIpc) is 2.81. The van der Waals surface area contributed by atoms with E-state index in [9.17, 15) is 4.79 Å². The highest BCUT2D eigenvalue weighted by atomic mass is 79.9. The molecule has 2 rings (SSSR count). The number of halogens is 1. The number of carbonyl (C=O) groups excluding carboxylic acids is 1. The molecular formula is C15H16BrNOS. The van der Waals surface area contributed by atoms with Crippen molar-refractivity contribution in [2.75, 3.05) is 0 Å². The third-order valence-electron chi connectivity index (χ3n) is 2.84. The zero-order valence-corrected chi connectivity index (χ0v) is 13.2. The summed E-state index contributed by atoms with van der Waals surface area (Å²) in [5.41, 5.74) is 2.45. The number of amides is 1. The van der Waals surface area contributed by atoms with Crippen molar-refractivity contribution in [1.82, 2.24) is 5.32 Å². The van der Waals surface area contributed by atoms with Crippen LogP contribution in [0.4, 0.5) is 0 Å². The highest BCUT2D eigenvalue weighted by Gasteiger charge is 2.03. The molecule has 0 aliphatic rings. The minimum Gasteiger partial charge on any atom is -0.351 e. The predicted octanol–water partition coefficient (Wildman–Crippen LogP) is 4.07. The van der Waals surface area contributed by atoms with Crippen molar-refractivity contribution in [2.45, 2.75) is 26.3 Å². The Hall–Kier alpha value is -1.13. The van der Waals surface area contributed by atoms with E-state index in [2.05, 4.69) is 52.4 Å². The Bertz CT molecular complexity index is 548. The minimum absolute atomic E-state index is 0.102. The predicted molar refractivity (Wildman–Crippen MR) is 83.4 cm³/mol. The van der Waals surface area contributed by atoms with E-state index < -0.39 is 0 Å². The fraction of sp³-hybridized carbons (Fsp3) is 0.267. The van der Waals surface area contributed by atoms with Gasteiger partial charge in [-0.15, -0.1) is 11.3 Å². The Morgan fingerprint density at radius 2 is 2.05 bits per heavy atom. The van der Waals surface area contributed by atoms with Crippen LogP contribution < -0.4 is 5.32 Å². The zero-order valence-electron chi connectivity index (χ0n) is 10.8. The van der Waals surface area contributed by atoms with Crippen LogP contribution in [0.3, 0.4) is 0 Å². The molecule has 0 atom stereocenters. The van der Waals surface area contributed by atoms with Gasteiger partial charge >= 0.3 is 0 Å². The van der Waals surface area contributed by atoms with E-state index >= 15 is 0 Å². The summed E-state index contributed by atoms with van der Waals surface area (Å²) in [6.45, 7) is 2.68. The summed E-state index contributed by atoms with van der Waals surface area (Å²) in [5, 5.41) is 4.97. The van der Waals surface area contributed by atoms with Crippen molar-refractivity contribution >= 4 is 33.2 Å². The number of thiophene rings is 1. The second kappa shape index (κ2) is 6.87. The molecule has 0 radical (unpaired) electrons. The second-order valence-corrected chi connectivity index (χ2v) is 6.41. The van der Waals surface area contributed by atoms with Gasteiger partial charge in [-0.25, -0.2) is 0 Å². The summed E-state index contributed by atoms with van der Waals surface area (Å²) in [5.74, 6) is 0.102. The molecule has 19 heavy (non-hydrogen) atoms. The van der Waals surface area contributed by atoms with Crippen LogP contribution in [0.1, 0.15) is 22.4 Å². The van der Waals surface area contributed by atoms with Gasteiger partial charge in [-0.3, -0.25) is 4.79 Å². The van der Waals surface area contributed by atoms with Gasteiger partial charge in [0.25, 0.3) is 0 Å².